The lowest BCUT2D eigenvalue weighted by Gasteiger charge is -2.33. The lowest BCUT2D eigenvalue weighted by Crippen LogP contribution is -2.28. The van der Waals surface area contributed by atoms with Crippen LogP contribution >= 0.6 is 0 Å². The van der Waals surface area contributed by atoms with E-state index in [0.717, 1.165) is 38.9 Å². The first-order chi connectivity index (χ1) is 23.4. The minimum atomic E-state index is -1.17. The summed E-state index contributed by atoms with van der Waals surface area (Å²) in [4.78, 5) is 0. The Kier molecular flexibility index (Phi) is 6.90. The zero-order valence-corrected chi connectivity index (χ0v) is 26.0. The number of rotatable bonds is 3. The van der Waals surface area contributed by atoms with E-state index in [1.165, 1.54) is 22.3 Å². The number of aromatic hydroxyl groups is 3. The largest absolute Gasteiger partial charge is 0.508 e. The van der Waals surface area contributed by atoms with Gasteiger partial charge in [0.2, 0.25) is 0 Å². The molecule has 4 N–H and O–H groups in total. The van der Waals surface area contributed by atoms with Gasteiger partial charge in [0, 0.05) is 11.1 Å². The molecular weight excluding hydrogens is 592 g/mol. The van der Waals surface area contributed by atoms with E-state index in [0.29, 0.717) is 0 Å². The minimum Gasteiger partial charge on any atom is -0.508 e. The average molecular weight is 625 g/mol. The second-order valence-corrected chi connectivity index (χ2v) is 12.3. The summed E-state index contributed by atoms with van der Waals surface area (Å²) in [5, 5.41) is 40.7. The molecule has 4 nitrogen and oxygen atoms in total. The number of aliphatic hydroxyl groups is 1. The van der Waals surface area contributed by atoms with Crippen LogP contribution in [0.5, 0.6) is 17.2 Å². The molecule has 0 fully saturated rings. The highest BCUT2D eigenvalue weighted by Gasteiger charge is 2.46. The molecule has 0 unspecified atom stereocenters. The second-order valence-electron chi connectivity index (χ2n) is 12.3. The van der Waals surface area contributed by atoms with Crippen LogP contribution in [0.25, 0.3) is 22.3 Å². The van der Waals surface area contributed by atoms with Crippen molar-refractivity contribution < 1.29 is 20.4 Å². The maximum atomic E-state index is 11.5. The van der Waals surface area contributed by atoms with E-state index in [2.05, 4.69) is 48.5 Å². The van der Waals surface area contributed by atoms with Crippen LogP contribution in [0.1, 0.15) is 38.9 Å². The van der Waals surface area contributed by atoms with Gasteiger partial charge in [-0.2, -0.15) is 0 Å². The molecular formula is C44H32O4. The predicted octanol–water partition coefficient (Wildman–Crippen LogP) is 9.12. The van der Waals surface area contributed by atoms with Crippen LogP contribution in [0.2, 0.25) is 0 Å². The summed E-state index contributed by atoms with van der Waals surface area (Å²) < 4.78 is 0. The van der Waals surface area contributed by atoms with Crippen molar-refractivity contribution in [3.05, 3.63) is 209 Å². The van der Waals surface area contributed by atoms with Crippen molar-refractivity contribution in [3.63, 3.8) is 0 Å². The van der Waals surface area contributed by atoms with Gasteiger partial charge < -0.3 is 20.4 Å². The Hall–Kier alpha value is -6.10. The molecule has 9 rings (SSSR count). The molecule has 7 aromatic rings. The monoisotopic (exact) mass is 624 g/mol. The van der Waals surface area contributed by atoms with Gasteiger partial charge in [-0.3, -0.25) is 0 Å². The molecule has 0 atom stereocenters. The third kappa shape index (κ3) is 4.34. The van der Waals surface area contributed by atoms with Crippen LogP contribution in [0.15, 0.2) is 170 Å². The standard InChI is InChI=1S/C25H18O2.C19H14O2/c26-19-13-9-17(10-14-19)25(18-11-15-20(27)16-12-18)23-7-3-1-5-21(23)22-6-2-4-8-24(22)25;20-14-11-9-13(10-12-14)19(21)17-7-3-1-5-15(17)16-6-2-4-8-18(16)19/h1-16,26-27H;1-12,20-21H. The molecule has 232 valence electrons. The van der Waals surface area contributed by atoms with E-state index in [1.54, 1.807) is 48.5 Å². The molecule has 0 aromatic heterocycles. The van der Waals surface area contributed by atoms with Gasteiger partial charge in [0.05, 0.1) is 5.41 Å². The smallest absolute Gasteiger partial charge is 0.141 e. The van der Waals surface area contributed by atoms with Gasteiger partial charge in [-0.25, -0.2) is 0 Å². The molecule has 0 bridgehead atoms. The summed E-state index contributed by atoms with van der Waals surface area (Å²) in [5.74, 6) is 0.695. The maximum absolute atomic E-state index is 11.5. The zero-order valence-electron chi connectivity index (χ0n) is 26.0. The van der Waals surface area contributed by atoms with Crippen molar-refractivity contribution in [2.45, 2.75) is 11.0 Å². The van der Waals surface area contributed by atoms with Crippen LogP contribution in [0, 0.1) is 0 Å². The van der Waals surface area contributed by atoms with Gasteiger partial charge in [-0.15, -0.1) is 0 Å². The van der Waals surface area contributed by atoms with E-state index in [-0.39, 0.29) is 17.2 Å². The van der Waals surface area contributed by atoms with Crippen molar-refractivity contribution in [2.75, 3.05) is 0 Å². The molecule has 0 heterocycles. The summed E-state index contributed by atoms with van der Waals surface area (Å²) in [6, 6.07) is 54.5. The number of hydrogen-bond acceptors (Lipinski definition) is 4. The predicted molar refractivity (Wildman–Crippen MR) is 189 cm³/mol. The van der Waals surface area contributed by atoms with Crippen LogP contribution in [0.4, 0.5) is 0 Å². The Balaban J connectivity index is 0.000000145. The summed E-state index contributed by atoms with van der Waals surface area (Å²) in [6.45, 7) is 0. The molecule has 0 aliphatic heterocycles. The van der Waals surface area contributed by atoms with Gasteiger partial charge in [0.25, 0.3) is 0 Å². The van der Waals surface area contributed by atoms with Gasteiger partial charge in [-0.1, -0.05) is 133 Å². The van der Waals surface area contributed by atoms with E-state index in [1.807, 2.05) is 72.8 Å². The molecule has 0 radical (unpaired) electrons. The zero-order chi connectivity index (χ0) is 32.9. The fourth-order valence-electron chi connectivity index (χ4n) is 7.67. The first-order valence-corrected chi connectivity index (χ1v) is 15.9. The van der Waals surface area contributed by atoms with Crippen molar-refractivity contribution in [3.8, 4) is 39.5 Å². The quantitative estimate of drug-likeness (QED) is 0.158. The number of phenolic OH excluding ortho intramolecular Hbond substituents is 3. The Bertz CT molecular complexity index is 2130. The Labute approximate surface area is 279 Å². The molecule has 7 aromatic carbocycles. The molecule has 2 aliphatic rings. The Morgan fingerprint density at radius 1 is 0.292 bits per heavy atom. The van der Waals surface area contributed by atoms with Crippen molar-refractivity contribution >= 4 is 0 Å². The highest BCUT2D eigenvalue weighted by atomic mass is 16.3. The van der Waals surface area contributed by atoms with Gasteiger partial charge >= 0.3 is 0 Å². The van der Waals surface area contributed by atoms with E-state index in [9.17, 15) is 20.4 Å². The Morgan fingerprint density at radius 2 is 0.562 bits per heavy atom. The number of phenols is 3. The third-order valence-electron chi connectivity index (χ3n) is 9.76. The van der Waals surface area contributed by atoms with E-state index < -0.39 is 11.0 Å². The van der Waals surface area contributed by atoms with Crippen LogP contribution in [0.3, 0.4) is 0 Å². The second kappa shape index (κ2) is 11.3. The lowest BCUT2D eigenvalue weighted by atomic mass is 9.68. The molecule has 0 amide bonds. The van der Waals surface area contributed by atoms with Gasteiger partial charge in [0.15, 0.2) is 0 Å². The summed E-state index contributed by atoms with van der Waals surface area (Å²) in [6.07, 6.45) is 0. The van der Waals surface area contributed by atoms with Crippen molar-refractivity contribution in [1.29, 1.82) is 0 Å². The molecule has 2 aliphatic carbocycles. The molecule has 48 heavy (non-hydrogen) atoms. The topological polar surface area (TPSA) is 80.9 Å². The van der Waals surface area contributed by atoms with E-state index in [4.69, 9.17) is 0 Å². The normalized spacial score (nSPS) is 14.1. The summed E-state index contributed by atoms with van der Waals surface area (Å²) >= 11 is 0. The highest BCUT2D eigenvalue weighted by Crippen LogP contribution is 2.56. The van der Waals surface area contributed by atoms with Crippen LogP contribution in [-0.2, 0) is 11.0 Å². The van der Waals surface area contributed by atoms with Crippen LogP contribution in [-0.4, -0.2) is 20.4 Å². The average Bonchev–Trinajstić information content (AvgIpc) is 3.58. The number of benzene rings is 7. The van der Waals surface area contributed by atoms with E-state index >= 15 is 0 Å². The van der Waals surface area contributed by atoms with Gasteiger partial charge in [0.1, 0.15) is 22.8 Å². The van der Waals surface area contributed by atoms with Gasteiger partial charge in [-0.05, 0) is 86.5 Å². The lowest BCUT2D eigenvalue weighted by molar-refractivity contribution is 0.130. The van der Waals surface area contributed by atoms with Crippen molar-refractivity contribution in [1.82, 2.24) is 0 Å². The number of hydrogen-bond donors (Lipinski definition) is 4. The molecule has 0 spiro atoms. The molecule has 4 heteroatoms. The number of fused-ring (bicyclic) bond motifs is 6. The highest BCUT2D eigenvalue weighted by molar-refractivity contribution is 5.86. The first-order valence-electron chi connectivity index (χ1n) is 15.9. The Morgan fingerprint density at radius 3 is 0.917 bits per heavy atom. The first kappa shape index (κ1) is 29.3. The third-order valence-corrected chi connectivity index (χ3v) is 9.76. The minimum absolute atomic E-state index is 0.196. The molecule has 0 saturated carbocycles. The SMILES string of the molecule is Oc1ccc(C2(O)c3ccccc3-c3ccccc32)cc1.Oc1ccc(C2(c3ccc(O)cc3)c3ccccc3-c3ccccc32)cc1. The summed E-state index contributed by atoms with van der Waals surface area (Å²) in [7, 11) is 0. The summed E-state index contributed by atoms with van der Waals surface area (Å²) in [5.41, 5.74) is 10.0. The molecule has 0 saturated heterocycles. The van der Waals surface area contributed by atoms with Crippen molar-refractivity contribution in [2.24, 2.45) is 0 Å². The fourth-order valence-corrected chi connectivity index (χ4v) is 7.67. The van der Waals surface area contributed by atoms with Crippen LogP contribution < -0.4 is 0 Å². The maximum Gasteiger partial charge on any atom is 0.141 e. The fraction of sp³-hybridized carbons (Fsp3) is 0.0455.